The van der Waals surface area contributed by atoms with Crippen LogP contribution < -0.4 is 5.32 Å². The van der Waals surface area contributed by atoms with Gasteiger partial charge >= 0.3 is 0 Å². The molecule has 0 atom stereocenters. The fourth-order valence-electron chi connectivity index (χ4n) is 2.04. The van der Waals surface area contributed by atoms with Gasteiger partial charge in [0, 0.05) is 38.6 Å². The standard InChI is InChI=1S/C14H13I2N5O/c1-22-5-3-18-13-10-6-9(15)7-11(16)12(10)19-14(20-13)21-4-2-17-8-21/h2,4,6-8H,3,5H2,1H3,(H,18,19,20). The van der Waals surface area contributed by atoms with Crippen molar-refractivity contribution in [2.45, 2.75) is 0 Å². The lowest BCUT2D eigenvalue weighted by Gasteiger charge is -2.12. The second-order valence-corrected chi connectivity index (χ2v) is 6.95. The number of fused-ring (bicyclic) bond motifs is 1. The number of hydrogen-bond acceptors (Lipinski definition) is 5. The van der Waals surface area contributed by atoms with Crippen LogP contribution in [-0.2, 0) is 4.74 Å². The Morgan fingerprint density at radius 2 is 2.14 bits per heavy atom. The molecular formula is C14H13I2N5O. The van der Waals surface area contributed by atoms with Crippen molar-refractivity contribution in [3.8, 4) is 5.95 Å². The highest BCUT2D eigenvalue weighted by atomic mass is 127. The predicted molar refractivity (Wildman–Crippen MR) is 102 cm³/mol. The molecule has 114 valence electrons. The summed E-state index contributed by atoms with van der Waals surface area (Å²) in [6.07, 6.45) is 5.24. The van der Waals surface area contributed by atoms with Crippen molar-refractivity contribution in [1.29, 1.82) is 0 Å². The maximum atomic E-state index is 5.10. The molecule has 0 aliphatic carbocycles. The number of benzene rings is 1. The average Bonchev–Trinajstić information content (AvgIpc) is 3.02. The molecule has 0 spiro atoms. The van der Waals surface area contributed by atoms with Crippen LogP contribution in [0.5, 0.6) is 0 Å². The van der Waals surface area contributed by atoms with Gasteiger partial charge in [0.2, 0.25) is 5.95 Å². The fourth-order valence-corrected chi connectivity index (χ4v) is 4.01. The summed E-state index contributed by atoms with van der Waals surface area (Å²) < 4.78 is 9.15. The van der Waals surface area contributed by atoms with Gasteiger partial charge < -0.3 is 10.1 Å². The number of nitrogens with zero attached hydrogens (tertiary/aromatic N) is 4. The van der Waals surface area contributed by atoms with E-state index in [9.17, 15) is 0 Å². The van der Waals surface area contributed by atoms with Crippen LogP contribution in [0.15, 0.2) is 30.9 Å². The van der Waals surface area contributed by atoms with Gasteiger partial charge in [-0.3, -0.25) is 4.57 Å². The second kappa shape index (κ2) is 7.04. The average molecular weight is 521 g/mol. The van der Waals surface area contributed by atoms with Crippen molar-refractivity contribution in [1.82, 2.24) is 19.5 Å². The Kier molecular flexibility index (Phi) is 5.08. The SMILES string of the molecule is COCCNc1nc(-n2ccnc2)nc2c(I)cc(I)cc12. The van der Waals surface area contributed by atoms with Gasteiger partial charge in [0.15, 0.2) is 0 Å². The first-order valence-electron chi connectivity index (χ1n) is 6.57. The van der Waals surface area contributed by atoms with Crippen molar-refractivity contribution < 1.29 is 4.74 Å². The van der Waals surface area contributed by atoms with Gasteiger partial charge in [0.05, 0.1) is 12.1 Å². The number of methoxy groups -OCH3 is 1. The Morgan fingerprint density at radius 1 is 1.27 bits per heavy atom. The van der Waals surface area contributed by atoms with Crippen molar-refractivity contribution >= 4 is 61.9 Å². The second-order valence-electron chi connectivity index (χ2n) is 4.55. The van der Waals surface area contributed by atoms with Crippen LogP contribution in [0.2, 0.25) is 0 Å². The normalized spacial score (nSPS) is 11.0. The Labute approximate surface area is 155 Å². The van der Waals surface area contributed by atoms with Crippen molar-refractivity contribution in [2.24, 2.45) is 0 Å². The number of halogens is 2. The molecule has 0 saturated carbocycles. The molecule has 0 saturated heterocycles. The molecule has 0 amide bonds. The summed E-state index contributed by atoms with van der Waals surface area (Å²) in [5, 5.41) is 4.34. The lowest BCUT2D eigenvalue weighted by Crippen LogP contribution is -2.11. The van der Waals surface area contributed by atoms with Crippen molar-refractivity contribution in [3.05, 3.63) is 38.0 Å². The summed E-state index contributed by atoms with van der Waals surface area (Å²) in [7, 11) is 1.68. The van der Waals surface area contributed by atoms with E-state index in [4.69, 9.17) is 4.74 Å². The van der Waals surface area contributed by atoms with E-state index in [-0.39, 0.29) is 0 Å². The summed E-state index contributed by atoms with van der Waals surface area (Å²) in [4.78, 5) is 13.4. The van der Waals surface area contributed by atoms with Crippen molar-refractivity contribution in [3.63, 3.8) is 0 Å². The van der Waals surface area contributed by atoms with E-state index in [0.717, 1.165) is 23.9 Å². The molecule has 0 radical (unpaired) electrons. The first kappa shape index (κ1) is 15.9. The van der Waals surface area contributed by atoms with Crippen molar-refractivity contribution in [2.75, 3.05) is 25.6 Å². The largest absolute Gasteiger partial charge is 0.383 e. The molecule has 1 aromatic carbocycles. The lowest BCUT2D eigenvalue weighted by molar-refractivity contribution is 0.210. The number of nitrogens with one attached hydrogen (secondary N) is 1. The van der Waals surface area contributed by atoms with Gasteiger partial charge in [0.1, 0.15) is 12.1 Å². The maximum absolute atomic E-state index is 5.10. The number of rotatable bonds is 5. The third-order valence-corrected chi connectivity index (χ3v) is 4.49. The van der Waals surface area contributed by atoms with E-state index >= 15 is 0 Å². The molecule has 2 aromatic heterocycles. The highest BCUT2D eigenvalue weighted by molar-refractivity contribution is 14.1. The minimum absolute atomic E-state index is 0.601. The molecule has 6 nitrogen and oxygen atoms in total. The highest BCUT2D eigenvalue weighted by Gasteiger charge is 2.12. The first-order chi connectivity index (χ1) is 10.7. The van der Waals surface area contributed by atoms with Gasteiger partial charge in [-0.05, 0) is 57.3 Å². The summed E-state index contributed by atoms with van der Waals surface area (Å²) in [6, 6.07) is 4.19. The van der Waals surface area contributed by atoms with E-state index in [1.165, 1.54) is 0 Å². The van der Waals surface area contributed by atoms with Crippen LogP contribution in [0, 0.1) is 7.14 Å². The molecule has 0 aliphatic rings. The Hall–Kier alpha value is -1.01. The molecule has 0 fully saturated rings. The van der Waals surface area contributed by atoms with Crippen LogP contribution in [0.4, 0.5) is 5.82 Å². The minimum Gasteiger partial charge on any atom is -0.383 e. The first-order valence-corrected chi connectivity index (χ1v) is 8.72. The fraction of sp³-hybridized carbons (Fsp3) is 0.214. The summed E-state index contributed by atoms with van der Waals surface area (Å²) >= 11 is 4.61. The Balaban J connectivity index is 2.15. The van der Waals surface area contributed by atoms with Crippen LogP contribution in [0.25, 0.3) is 16.9 Å². The zero-order chi connectivity index (χ0) is 15.5. The number of imidazole rings is 1. The molecule has 22 heavy (non-hydrogen) atoms. The van der Waals surface area contributed by atoms with E-state index in [2.05, 4.69) is 77.6 Å². The van der Waals surface area contributed by atoms with E-state index in [1.807, 2.05) is 6.20 Å². The predicted octanol–water partition coefficient (Wildman–Crippen LogP) is 3.08. The van der Waals surface area contributed by atoms with Gasteiger partial charge in [-0.15, -0.1) is 0 Å². The van der Waals surface area contributed by atoms with Crippen LogP contribution >= 0.6 is 45.2 Å². The lowest BCUT2D eigenvalue weighted by atomic mass is 10.2. The summed E-state index contributed by atoms with van der Waals surface area (Å²) in [5.41, 5.74) is 0.930. The van der Waals surface area contributed by atoms with E-state index in [0.29, 0.717) is 19.1 Å². The number of anilines is 1. The van der Waals surface area contributed by atoms with Gasteiger partial charge in [-0.2, -0.15) is 4.98 Å². The molecule has 0 aliphatic heterocycles. The molecule has 3 rings (SSSR count). The van der Waals surface area contributed by atoms with Gasteiger partial charge in [-0.25, -0.2) is 9.97 Å². The topological polar surface area (TPSA) is 64.9 Å². The maximum Gasteiger partial charge on any atom is 0.237 e. The molecule has 0 unspecified atom stereocenters. The van der Waals surface area contributed by atoms with Crippen LogP contribution in [0.1, 0.15) is 0 Å². The molecular weight excluding hydrogens is 508 g/mol. The third-order valence-electron chi connectivity index (χ3n) is 3.04. The molecule has 1 N–H and O–H groups in total. The van der Waals surface area contributed by atoms with Crippen LogP contribution in [-0.4, -0.2) is 39.8 Å². The summed E-state index contributed by atoms with van der Waals surface area (Å²) in [6.45, 7) is 1.31. The molecule has 0 bridgehead atoms. The molecule has 8 heteroatoms. The van der Waals surface area contributed by atoms with Crippen LogP contribution in [0.3, 0.4) is 0 Å². The Morgan fingerprint density at radius 3 is 2.86 bits per heavy atom. The smallest absolute Gasteiger partial charge is 0.237 e. The molecule has 2 heterocycles. The monoisotopic (exact) mass is 521 g/mol. The van der Waals surface area contributed by atoms with Gasteiger partial charge in [-0.1, -0.05) is 0 Å². The van der Waals surface area contributed by atoms with E-state index in [1.54, 1.807) is 24.2 Å². The zero-order valence-electron chi connectivity index (χ0n) is 11.8. The number of aromatic nitrogens is 4. The quantitative estimate of drug-likeness (QED) is 0.414. The number of ether oxygens (including phenoxy) is 1. The highest BCUT2D eigenvalue weighted by Crippen LogP contribution is 2.28. The third kappa shape index (κ3) is 3.33. The molecule has 3 aromatic rings. The number of hydrogen-bond donors (Lipinski definition) is 1. The zero-order valence-corrected chi connectivity index (χ0v) is 16.1. The van der Waals surface area contributed by atoms with E-state index < -0.39 is 0 Å². The minimum atomic E-state index is 0.601. The van der Waals surface area contributed by atoms with Gasteiger partial charge in [0.25, 0.3) is 0 Å². The summed E-state index contributed by atoms with van der Waals surface area (Å²) in [5.74, 6) is 1.41. The Bertz CT molecular complexity index is 792.